The second-order valence-electron chi connectivity index (χ2n) is 5.69. The Hall–Kier alpha value is -3.63. The van der Waals surface area contributed by atoms with Gasteiger partial charge >= 0.3 is 12.1 Å². The lowest BCUT2D eigenvalue weighted by atomic mass is 10.2. The first-order valence-corrected chi connectivity index (χ1v) is 8.43. The van der Waals surface area contributed by atoms with Gasteiger partial charge in [-0.15, -0.1) is 0 Å². The lowest BCUT2D eigenvalue weighted by Gasteiger charge is -2.03. The molecule has 0 fully saturated rings. The van der Waals surface area contributed by atoms with Crippen LogP contribution in [0.25, 0.3) is 17.7 Å². The van der Waals surface area contributed by atoms with Crippen LogP contribution in [-0.2, 0) is 11.0 Å². The summed E-state index contributed by atoms with van der Waals surface area (Å²) in [4.78, 5) is 14.9. The summed E-state index contributed by atoms with van der Waals surface area (Å²) in [6.07, 6.45) is -1.13. The molecule has 0 bridgehead atoms. The number of nitrogens with zero attached hydrogens (tertiary/aromatic N) is 3. The van der Waals surface area contributed by atoms with Crippen molar-refractivity contribution in [2.24, 2.45) is 0 Å². The average Bonchev–Trinajstić information content (AvgIpc) is 3.36. The highest BCUT2D eigenvalue weighted by Crippen LogP contribution is 2.30. The molecule has 0 aliphatic heterocycles. The number of alkyl halides is 3. The second-order valence-corrected chi connectivity index (χ2v) is 5.69. The molecular weight excluding hydrogens is 393 g/mol. The molecule has 1 N–H and O–H groups in total. The molecule has 0 aliphatic carbocycles. The quantitative estimate of drug-likeness (QED) is 0.450. The Bertz CT molecular complexity index is 967. The van der Waals surface area contributed by atoms with Crippen molar-refractivity contribution < 1.29 is 31.7 Å². The van der Waals surface area contributed by atoms with Gasteiger partial charge in [0.2, 0.25) is 17.5 Å². The van der Waals surface area contributed by atoms with Crippen LogP contribution in [0.5, 0.6) is 5.88 Å². The number of rotatable bonds is 8. The van der Waals surface area contributed by atoms with Gasteiger partial charge in [0.1, 0.15) is 0 Å². The molecule has 3 rings (SSSR count). The fourth-order valence-electron chi connectivity index (χ4n) is 2.13. The number of amides is 1. The van der Waals surface area contributed by atoms with Gasteiger partial charge in [-0.05, 0) is 23.2 Å². The Morgan fingerprint density at radius 3 is 2.69 bits per heavy atom. The number of nitrogens with one attached hydrogen (secondary N) is 1. The van der Waals surface area contributed by atoms with E-state index in [1.165, 1.54) is 12.1 Å². The normalized spacial score (nSPS) is 11.7. The van der Waals surface area contributed by atoms with Gasteiger partial charge in [0.15, 0.2) is 0 Å². The molecular formula is C18H15F3N4O4. The Morgan fingerprint density at radius 2 is 1.97 bits per heavy atom. The van der Waals surface area contributed by atoms with E-state index in [-0.39, 0.29) is 24.2 Å². The van der Waals surface area contributed by atoms with E-state index in [1.807, 2.05) is 30.3 Å². The van der Waals surface area contributed by atoms with E-state index in [2.05, 4.69) is 25.1 Å². The molecule has 0 aliphatic rings. The predicted molar refractivity (Wildman–Crippen MR) is 93.4 cm³/mol. The number of hydrogen-bond donors (Lipinski definition) is 1. The molecule has 0 saturated carbocycles. The second kappa shape index (κ2) is 9.04. The summed E-state index contributed by atoms with van der Waals surface area (Å²) < 4.78 is 51.6. The lowest BCUT2D eigenvalue weighted by Crippen LogP contribution is -2.23. The minimum absolute atomic E-state index is 0.0497. The molecule has 0 spiro atoms. The van der Waals surface area contributed by atoms with Gasteiger partial charge in [0.05, 0.1) is 12.7 Å². The van der Waals surface area contributed by atoms with Crippen LogP contribution < -0.4 is 10.1 Å². The molecule has 1 aromatic carbocycles. The van der Waals surface area contributed by atoms with E-state index >= 15 is 0 Å². The minimum Gasteiger partial charge on any atom is -0.475 e. The first-order chi connectivity index (χ1) is 13.9. The average molecular weight is 408 g/mol. The monoisotopic (exact) mass is 408 g/mol. The maximum atomic E-state index is 12.5. The molecule has 152 valence electrons. The van der Waals surface area contributed by atoms with Crippen LogP contribution in [0, 0.1) is 0 Å². The summed E-state index contributed by atoms with van der Waals surface area (Å²) in [6.45, 7) is 0.567. The van der Waals surface area contributed by atoms with Crippen molar-refractivity contribution in [3.05, 3.63) is 53.9 Å². The predicted octanol–water partition coefficient (Wildman–Crippen LogP) is 3.34. The van der Waals surface area contributed by atoms with Crippen LogP contribution in [0.1, 0.15) is 17.9 Å². The summed E-state index contributed by atoms with van der Waals surface area (Å²) in [7, 11) is 0. The molecule has 29 heavy (non-hydrogen) atoms. The van der Waals surface area contributed by atoms with E-state index in [0.717, 1.165) is 5.56 Å². The van der Waals surface area contributed by atoms with Gasteiger partial charge in [-0.3, -0.25) is 4.79 Å². The minimum atomic E-state index is -4.74. The molecule has 0 atom stereocenters. The van der Waals surface area contributed by atoms with Crippen molar-refractivity contribution in [2.45, 2.75) is 12.6 Å². The van der Waals surface area contributed by atoms with Crippen molar-refractivity contribution in [1.82, 2.24) is 20.6 Å². The van der Waals surface area contributed by atoms with Gasteiger partial charge in [-0.2, -0.15) is 18.2 Å². The van der Waals surface area contributed by atoms with Crippen LogP contribution in [-0.4, -0.2) is 34.4 Å². The number of halogens is 3. The van der Waals surface area contributed by atoms with Crippen molar-refractivity contribution in [3.8, 4) is 17.5 Å². The van der Waals surface area contributed by atoms with Crippen molar-refractivity contribution >= 4 is 12.0 Å². The fourth-order valence-corrected chi connectivity index (χ4v) is 2.13. The third-order valence-electron chi connectivity index (χ3n) is 3.47. The number of hydrogen-bond acceptors (Lipinski definition) is 7. The summed E-state index contributed by atoms with van der Waals surface area (Å²) >= 11 is 0. The van der Waals surface area contributed by atoms with E-state index in [0.29, 0.717) is 13.0 Å². The van der Waals surface area contributed by atoms with E-state index in [9.17, 15) is 18.0 Å². The molecule has 0 saturated heterocycles. The fraction of sp³-hybridized carbons (Fsp3) is 0.222. The highest BCUT2D eigenvalue weighted by atomic mass is 19.4. The SMILES string of the molecule is O=C(C=Cc1ccccc1)NCCCOc1cc(-c2noc(C(F)(F)F)n2)on1. The summed E-state index contributed by atoms with van der Waals surface area (Å²) in [5.74, 6) is -2.19. The van der Waals surface area contributed by atoms with Crippen LogP contribution in [0.15, 0.2) is 51.5 Å². The molecule has 1 amide bonds. The smallest absolute Gasteiger partial charge is 0.471 e. The summed E-state index contributed by atoms with van der Waals surface area (Å²) in [5.41, 5.74) is 0.914. The zero-order valence-corrected chi connectivity index (χ0v) is 14.8. The molecule has 11 heteroatoms. The Kier molecular flexibility index (Phi) is 6.27. The standard InChI is InChI=1S/C18H15F3N4O4/c19-18(20,21)17-23-16(25-29-17)13-11-15(24-28-13)27-10-4-9-22-14(26)8-7-12-5-2-1-3-6-12/h1-3,5-8,11H,4,9-10H2,(H,22,26). The Balaban J connectivity index is 1.39. The number of aromatic nitrogens is 3. The van der Waals surface area contributed by atoms with Crippen LogP contribution >= 0.6 is 0 Å². The number of benzene rings is 1. The third kappa shape index (κ3) is 5.92. The molecule has 8 nitrogen and oxygen atoms in total. The van der Waals surface area contributed by atoms with Crippen molar-refractivity contribution in [1.29, 1.82) is 0 Å². The first-order valence-electron chi connectivity index (χ1n) is 8.43. The maximum absolute atomic E-state index is 12.5. The molecule has 0 unspecified atom stereocenters. The topological polar surface area (TPSA) is 103 Å². The zero-order valence-electron chi connectivity index (χ0n) is 14.8. The molecule has 2 aromatic heterocycles. The van der Waals surface area contributed by atoms with Gasteiger partial charge in [0, 0.05) is 12.6 Å². The number of carbonyl (C=O) groups is 1. The van der Waals surface area contributed by atoms with Crippen LogP contribution in [0.2, 0.25) is 0 Å². The van der Waals surface area contributed by atoms with E-state index in [1.54, 1.807) is 6.08 Å². The van der Waals surface area contributed by atoms with Gasteiger partial charge in [0.25, 0.3) is 5.88 Å². The molecule has 3 aromatic rings. The van der Waals surface area contributed by atoms with Gasteiger partial charge in [-0.1, -0.05) is 35.5 Å². The molecule has 2 heterocycles. The summed E-state index contributed by atoms with van der Waals surface area (Å²) in [5, 5.41) is 9.45. The Labute approximate surface area is 162 Å². The van der Waals surface area contributed by atoms with Crippen LogP contribution in [0.4, 0.5) is 13.2 Å². The highest BCUT2D eigenvalue weighted by molar-refractivity contribution is 5.91. The first kappa shape index (κ1) is 20.1. The summed E-state index contributed by atoms with van der Waals surface area (Å²) in [6, 6.07) is 10.6. The largest absolute Gasteiger partial charge is 0.475 e. The third-order valence-corrected chi connectivity index (χ3v) is 3.47. The Morgan fingerprint density at radius 1 is 1.17 bits per heavy atom. The van der Waals surface area contributed by atoms with Crippen molar-refractivity contribution in [3.63, 3.8) is 0 Å². The molecule has 0 radical (unpaired) electrons. The van der Waals surface area contributed by atoms with Gasteiger partial charge in [-0.25, -0.2) is 0 Å². The maximum Gasteiger partial charge on any atom is 0.471 e. The number of carbonyl (C=O) groups excluding carboxylic acids is 1. The van der Waals surface area contributed by atoms with Crippen molar-refractivity contribution in [2.75, 3.05) is 13.2 Å². The lowest BCUT2D eigenvalue weighted by molar-refractivity contribution is -0.159. The van der Waals surface area contributed by atoms with E-state index in [4.69, 9.17) is 9.26 Å². The zero-order chi connectivity index (χ0) is 20.7. The van der Waals surface area contributed by atoms with E-state index < -0.39 is 17.9 Å². The van der Waals surface area contributed by atoms with Gasteiger partial charge < -0.3 is 19.1 Å². The van der Waals surface area contributed by atoms with Crippen LogP contribution in [0.3, 0.4) is 0 Å². The highest BCUT2D eigenvalue weighted by Gasteiger charge is 2.39. The number of ether oxygens (including phenoxy) is 1.